The van der Waals surface area contributed by atoms with Gasteiger partial charge in [0.15, 0.2) is 0 Å². The fraction of sp³-hybridized carbons (Fsp3) is 0.0448. The van der Waals surface area contributed by atoms with Crippen molar-refractivity contribution < 1.29 is 0 Å². The molecule has 0 aliphatic heterocycles. The summed E-state index contributed by atoms with van der Waals surface area (Å²) in [6.07, 6.45) is 0. The van der Waals surface area contributed by atoms with Crippen molar-refractivity contribution in [3.8, 4) is 55.6 Å². The lowest BCUT2D eigenvalue weighted by Gasteiger charge is -2.32. The van der Waals surface area contributed by atoms with E-state index in [9.17, 15) is 0 Å². The number of benzene rings is 11. The minimum atomic E-state index is -0.176. The van der Waals surface area contributed by atoms with Gasteiger partial charge in [-0.25, -0.2) is 0 Å². The molecule has 0 radical (unpaired) electrons. The molecule has 0 spiro atoms. The summed E-state index contributed by atoms with van der Waals surface area (Å²) in [7, 11) is 0. The summed E-state index contributed by atoms with van der Waals surface area (Å²) in [5, 5.41) is 2.48. The van der Waals surface area contributed by atoms with Gasteiger partial charge < -0.3 is 9.80 Å². The summed E-state index contributed by atoms with van der Waals surface area (Å²) in [6.45, 7) is 4.73. The summed E-state index contributed by atoms with van der Waals surface area (Å²) in [5.41, 5.74) is 21.0. The molecular weight excluding hydrogens is 833 g/mol. The first-order valence-electron chi connectivity index (χ1n) is 23.9. The van der Waals surface area contributed by atoms with Crippen molar-refractivity contribution in [2.45, 2.75) is 19.3 Å². The Morgan fingerprint density at radius 2 is 0.783 bits per heavy atom. The normalized spacial score (nSPS) is 12.3. The van der Waals surface area contributed by atoms with Crippen molar-refractivity contribution in [1.82, 2.24) is 0 Å². The van der Waals surface area contributed by atoms with Crippen LogP contribution in [0.15, 0.2) is 267 Å². The molecule has 328 valence electrons. The largest absolute Gasteiger partial charge is 0.310 e. The molecular formula is C67H50N2. The predicted molar refractivity (Wildman–Crippen MR) is 293 cm³/mol. The van der Waals surface area contributed by atoms with Crippen LogP contribution in [-0.4, -0.2) is 0 Å². The average molecular weight is 883 g/mol. The maximum Gasteiger partial charge on any atom is 0.0540 e. The molecule has 1 aliphatic carbocycles. The van der Waals surface area contributed by atoms with Gasteiger partial charge in [0.1, 0.15) is 0 Å². The summed E-state index contributed by atoms with van der Waals surface area (Å²) in [4.78, 5) is 4.87. The van der Waals surface area contributed by atoms with Crippen LogP contribution in [0, 0.1) is 0 Å². The molecule has 11 aromatic carbocycles. The Labute approximate surface area is 405 Å². The summed E-state index contributed by atoms with van der Waals surface area (Å²) >= 11 is 0. The second-order valence-electron chi connectivity index (χ2n) is 18.5. The van der Waals surface area contributed by atoms with Gasteiger partial charge in [0.25, 0.3) is 0 Å². The standard InChI is InChI=1S/C67H50N2/c1-67(2)63-33-19-17-32-61(63)62-42-40-55(46-64(62)67)69(65-34-20-18-30-58(65)48-21-7-3-8-22-48)57-44-52(43-56(45-57)68(53-26-11-5-12-27-53)54-28-13-6-14-29-54)47-35-37-50(38-36-47)60-41-39-49-23-15-16-31-59(49)66(60)51-24-9-4-10-25-51/h3-46H,1-2H3. The van der Waals surface area contributed by atoms with Crippen LogP contribution < -0.4 is 9.80 Å². The van der Waals surface area contributed by atoms with Crippen molar-refractivity contribution in [2.24, 2.45) is 0 Å². The van der Waals surface area contributed by atoms with Crippen LogP contribution in [-0.2, 0) is 5.41 Å². The average Bonchev–Trinajstić information content (AvgIpc) is 3.64. The molecule has 69 heavy (non-hydrogen) atoms. The highest BCUT2D eigenvalue weighted by Crippen LogP contribution is 2.52. The Hall–Kier alpha value is -8.72. The first-order chi connectivity index (χ1) is 34.0. The first-order valence-corrected chi connectivity index (χ1v) is 23.9. The number of hydrogen-bond acceptors (Lipinski definition) is 2. The summed E-state index contributed by atoms with van der Waals surface area (Å²) < 4.78 is 0. The van der Waals surface area contributed by atoms with Gasteiger partial charge in [0.2, 0.25) is 0 Å². The lowest BCUT2D eigenvalue weighted by molar-refractivity contribution is 0.660. The van der Waals surface area contributed by atoms with E-state index in [1.165, 1.54) is 55.3 Å². The van der Waals surface area contributed by atoms with Crippen molar-refractivity contribution in [2.75, 3.05) is 9.80 Å². The van der Waals surface area contributed by atoms with E-state index in [0.29, 0.717) is 0 Å². The van der Waals surface area contributed by atoms with E-state index >= 15 is 0 Å². The van der Waals surface area contributed by atoms with Gasteiger partial charge >= 0.3 is 0 Å². The van der Waals surface area contributed by atoms with Crippen LogP contribution in [0.5, 0.6) is 0 Å². The predicted octanol–water partition coefficient (Wildman–Crippen LogP) is 18.8. The van der Waals surface area contributed by atoms with Crippen LogP contribution in [0.25, 0.3) is 66.4 Å². The van der Waals surface area contributed by atoms with Crippen molar-refractivity contribution in [3.05, 3.63) is 278 Å². The van der Waals surface area contributed by atoms with Crippen molar-refractivity contribution in [1.29, 1.82) is 0 Å². The van der Waals surface area contributed by atoms with E-state index in [4.69, 9.17) is 0 Å². The number of hydrogen-bond donors (Lipinski definition) is 0. The molecule has 0 amide bonds. The van der Waals surface area contributed by atoms with Crippen molar-refractivity contribution in [3.63, 3.8) is 0 Å². The Morgan fingerprint density at radius 1 is 0.275 bits per heavy atom. The maximum absolute atomic E-state index is 2.48. The lowest BCUT2D eigenvalue weighted by Crippen LogP contribution is -2.17. The van der Waals surface area contributed by atoms with E-state index < -0.39 is 0 Å². The summed E-state index contributed by atoms with van der Waals surface area (Å²) in [5.74, 6) is 0. The van der Waals surface area contributed by atoms with E-state index in [1.807, 2.05) is 0 Å². The molecule has 1 aliphatic rings. The van der Waals surface area contributed by atoms with Gasteiger partial charge in [0.05, 0.1) is 5.69 Å². The summed E-state index contributed by atoms with van der Waals surface area (Å²) in [6, 6.07) is 97.5. The maximum atomic E-state index is 2.48. The fourth-order valence-electron chi connectivity index (χ4n) is 10.7. The topological polar surface area (TPSA) is 6.48 Å². The number of anilines is 6. The Bertz CT molecular complexity index is 3580. The molecule has 0 bridgehead atoms. The highest BCUT2D eigenvalue weighted by atomic mass is 15.2. The minimum absolute atomic E-state index is 0.176. The van der Waals surface area contributed by atoms with E-state index in [1.54, 1.807) is 0 Å². The molecule has 2 nitrogen and oxygen atoms in total. The molecule has 2 heteroatoms. The van der Waals surface area contributed by atoms with Crippen molar-refractivity contribution >= 4 is 44.9 Å². The van der Waals surface area contributed by atoms with Gasteiger partial charge in [-0.3, -0.25) is 0 Å². The van der Waals surface area contributed by atoms with Crippen LogP contribution >= 0.6 is 0 Å². The van der Waals surface area contributed by atoms with Gasteiger partial charge in [-0.15, -0.1) is 0 Å². The van der Waals surface area contributed by atoms with E-state index in [0.717, 1.165) is 56.4 Å². The Kier molecular flexibility index (Phi) is 10.6. The quantitative estimate of drug-likeness (QED) is 0.135. The number of nitrogens with zero attached hydrogens (tertiary/aromatic N) is 2. The zero-order valence-electron chi connectivity index (χ0n) is 38.8. The molecule has 0 unspecified atom stereocenters. The highest BCUT2D eigenvalue weighted by Gasteiger charge is 2.36. The second-order valence-corrected chi connectivity index (χ2v) is 18.5. The molecule has 0 fully saturated rings. The highest BCUT2D eigenvalue weighted by molar-refractivity contribution is 6.04. The number of rotatable bonds is 10. The number of fused-ring (bicyclic) bond motifs is 4. The van der Waals surface area contributed by atoms with Gasteiger partial charge in [-0.05, 0) is 133 Å². The Balaban J connectivity index is 1.09. The van der Waals surface area contributed by atoms with Crippen LogP contribution in [0.4, 0.5) is 34.1 Å². The minimum Gasteiger partial charge on any atom is -0.310 e. The third-order valence-corrected chi connectivity index (χ3v) is 14.0. The van der Waals surface area contributed by atoms with Gasteiger partial charge in [-0.2, -0.15) is 0 Å². The van der Waals surface area contributed by atoms with Crippen LogP contribution in [0.1, 0.15) is 25.0 Å². The molecule has 0 saturated carbocycles. The van der Waals surface area contributed by atoms with E-state index in [-0.39, 0.29) is 5.41 Å². The molecule has 0 heterocycles. The zero-order chi connectivity index (χ0) is 46.3. The molecule has 0 N–H and O–H groups in total. The first kappa shape index (κ1) is 41.7. The third kappa shape index (κ3) is 7.57. The van der Waals surface area contributed by atoms with E-state index in [2.05, 4.69) is 291 Å². The third-order valence-electron chi connectivity index (χ3n) is 14.0. The SMILES string of the molecule is CC1(C)c2ccccc2-c2ccc(N(c3cc(-c4ccc(-c5ccc6ccccc6c5-c5ccccc5)cc4)cc(N(c4ccccc4)c4ccccc4)c3)c3ccccc3-c3ccccc3)cc21. The zero-order valence-corrected chi connectivity index (χ0v) is 38.8. The monoisotopic (exact) mass is 882 g/mol. The molecule has 0 atom stereocenters. The molecule has 0 saturated heterocycles. The number of para-hydroxylation sites is 3. The smallest absolute Gasteiger partial charge is 0.0540 e. The van der Waals surface area contributed by atoms with Crippen LogP contribution in [0.3, 0.4) is 0 Å². The molecule has 11 aromatic rings. The van der Waals surface area contributed by atoms with Gasteiger partial charge in [-0.1, -0.05) is 220 Å². The Morgan fingerprint density at radius 3 is 1.48 bits per heavy atom. The van der Waals surface area contributed by atoms with Gasteiger partial charge in [0, 0.05) is 39.4 Å². The second kappa shape index (κ2) is 17.5. The lowest BCUT2D eigenvalue weighted by atomic mass is 9.82. The van der Waals surface area contributed by atoms with Crippen LogP contribution in [0.2, 0.25) is 0 Å². The molecule has 12 rings (SSSR count). The fourth-order valence-corrected chi connectivity index (χ4v) is 10.7. The molecule has 0 aromatic heterocycles.